The van der Waals surface area contributed by atoms with E-state index in [1.165, 1.54) is 0 Å². The molecule has 60 valence electrons. The van der Waals surface area contributed by atoms with Crippen molar-refractivity contribution in [3.05, 3.63) is 35.2 Å². The fraction of sp³-hybridized carbons (Fsp3) is 0. The molecule has 0 aliphatic rings. The zero-order chi connectivity index (χ0) is 8.39. The van der Waals surface area contributed by atoms with E-state index in [4.69, 9.17) is 5.73 Å². The molecule has 2 aromatic rings. The van der Waals surface area contributed by atoms with Gasteiger partial charge in [0.15, 0.2) is 0 Å². The van der Waals surface area contributed by atoms with Crippen molar-refractivity contribution >= 4 is 17.0 Å². The smallest absolute Gasteiger partial charge is 0.0811 e. The Kier molecular flexibility index (Phi) is 1.80. The summed E-state index contributed by atoms with van der Waals surface area (Å²) in [7, 11) is 0. The molecule has 0 fully saturated rings. The van der Waals surface area contributed by atoms with Crippen LogP contribution in [0, 0.1) is 0 Å². The van der Waals surface area contributed by atoms with Gasteiger partial charge in [-0.2, -0.15) is 0 Å². The number of nitrogens with two attached hydrogens (primary N) is 1. The van der Waals surface area contributed by atoms with Crippen LogP contribution in [0.4, 0.5) is 5.69 Å². The molecule has 0 bridgehead atoms. The lowest BCUT2D eigenvalue weighted by Gasteiger charge is -1.96. The highest BCUT2D eigenvalue weighted by Crippen LogP contribution is 2.19. The molecule has 0 atom stereocenters. The molecule has 2 nitrogen and oxygen atoms in total. The number of anilines is 1. The summed E-state index contributed by atoms with van der Waals surface area (Å²) in [5.41, 5.74) is 10.3. The number of nitrogen functional groups attached to an aromatic ring is 1. The van der Waals surface area contributed by atoms with Crippen molar-refractivity contribution in [3.63, 3.8) is 0 Å². The summed E-state index contributed by atoms with van der Waals surface area (Å²) < 4.78 is 0. The van der Waals surface area contributed by atoms with E-state index in [9.17, 15) is 0 Å². The maximum Gasteiger partial charge on any atom is 0.0811 e. The molecule has 0 amide bonds. The van der Waals surface area contributed by atoms with Crippen LogP contribution >= 0.6 is 11.3 Å². The Hall–Kier alpha value is -1.35. The van der Waals surface area contributed by atoms with Crippen molar-refractivity contribution in [1.29, 1.82) is 0 Å². The molecule has 0 aliphatic heterocycles. The Morgan fingerprint density at radius 2 is 1.92 bits per heavy atom. The first-order chi connectivity index (χ1) is 5.86. The Balaban J connectivity index is 2.43. The Morgan fingerprint density at radius 3 is 2.50 bits per heavy atom. The fourth-order valence-electron chi connectivity index (χ4n) is 1.01. The summed E-state index contributed by atoms with van der Waals surface area (Å²) in [5, 5.41) is 2.02. The molecule has 1 aromatic heterocycles. The molecular formula is C9H8N2S. The van der Waals surface area contributed by atoms with Crippen molar-refractivity contribution in [2.75, 3.05) is 5.73 Å². The van der Waals surface area contributed by atoms with Gasteiger partial charge in [0.2, 0.25) is 0 Å². The summed E-state index contributed by atoms with van der Waals surface area (Å²) in [6.45, 7) is 0. The van der Waals surface area contributed by atoms with Crippen LogP contribution in [-0.4, -0.2) is 4.98 Å². The minimum absolute atomic E-state index is 0.786. The van der Waals surface area contributed by atoms with Crippen LogP contribution in [-0.2, 0) is 0 Å². The number of thiazole rings is 1. The summed E-state index contributed by atoms with van der Waals surface area (Å²) in [6, 6.07) is 7.72. The maximum atomic E-state index is 5.56. The summed E-state index contributed by atoms with van der Waals surface area (Å²) in [4.78, 5) is 4.19. The predicted molar refractivity (Wildman–Crippen MR) is 52.0 cm³/mol. The van der Waals surface area contributed by atoms with Crippen molar-refractivity contribution < 1.29 is 0 Å². The molecule has 0 saturated carbocycles. The fourth-order valence-corrected chi connectivity index (χ4v) is 1.57. The number of nitrogens with zero attached hydrogens (tertiary/aromatic N) is 1. The lowest BCUT2D eigenvalue weighted by Crippen LogP contribution is -1.83. The van der Waals surface area contributed by atoms with Gasteiger partial charge < -0.3 is 5.73 Å². The molecule has 3 heteroatoms. The molecular weight excluding hydrogens is 168 g/mol. The van der Waals surface area contributed by atoms with E-state index in [0.29, 0.717) is 0 Å². The molecule has 12 heavy (non-hydrogen) atoms. The largest absolute Gasteiger partial charge is 0.399 e. The lowest BCUT2D eigenvalue weighted by atomic mass is 10.2. The average Bonchev–Trinajstić information content (AvgIpc) is 2.58. The van der Waals surface area contributed by atoms with E-state index in [1.807, 2.05) is 35.2 Å². The summed E-state index contributed by atoms with van der Waals surface area (Å²) >= 11 is 1.60. The lowest BCUT2D eigenvalue weighted by molar-refractivity contribution is 1.41. The molecule has 0 saturated heterocycles. The second-order valence-electron chi connectivity index (χ2n) is 2.50. The number of hydrogen-bond donors (Lipinski definition) is 1. The van der Waals surface area contributed by atoms with Gasteiger partial charge in [-0.1, -0.05) is 12.1 Å². The zero-order valence-corrected chi connectivity index (χ0v) is 7.21. The van der Waals surface area contributed by atoms with Gasteiger partial charge in [-0.15, -0.1) is 11.3 Å². The van der Waals surface area contributed by atoms with Crippen molar-refractivity contribution in [3.8, 4) is 11.3 Å². The van der Waals surface area contributed by atoms with Gasteiger partial charge in [0.05, 0.1) is 11.2 Å². The van der Waals surface area contributed by atoms with Gasteiger partial charge >= 0.3 is 0 Å². The van der Waals surface area contributed by atoms with E-state index < -0.39 is 0 Å². The first-order valence-electron chi connectivity index (χ1n) is 3.60. The normalized spacial score (nSPS) is 10.0. The second-order valence-corrected chi connectivity index (χ2v) is 3.21. The van der Waals surface area contributed by atoms with E-state index in [-0.39, 0.29) is 0 Å². The molecule has 0 spiro atoms. The molecule has 2 rings (SSSR count). The standard InChI is InChI=1S/C9H8N2S/c10-8-3-1-7(2-4-8)9-5-12-6-11-9/h1-6H,10H2. The Morgan fingerprint density at radius 1 is 1.17 bits per heavy atom. The van der Waals surface area contributed by atoms with E-state index in [2.05, 4.69) is 4.98 Å². The predicted octanol–water partition coefficient (Wildman–Crippen LogP) is 2.39. The van der Waals surface area contributed by atoms with Crippen LogP contribution in [0.3, 0.4) is 0 Å². The quantitative estimate of drug-likeness (QED) is 0.677. The number of aromatic nitrogens is 1. The van der Waals surface area contributed by atoms with Gasteiger partial charge in [-0.05, 0) is 12.1 Å². The number of rotatable bonds is 1. The first-order valence-corrected chi connectivity index (χ1v) is 4.54. The van der Waals surface area contributed by atoms with Gasteiger partial charge in [0, 0.05) is 16.6 Å². The first kappa shape index (κ1) is 7.31. The molecule has 2 N–H and O–H groups in total. The highest BCUT2D eigenvalue weighted by Gasteiger charge is 1.97. The average molecular weight is 176 g/mol. The maximum absolute atomic E-state index is 5.56. The Bertz CT molecular complexity index is 351. The minimum Gasteiger partial charge on any atom is -0.399 e. The third-order valence-electron chi connectivity index (χ3n) is 1.64. The summed E-state index contributed by atoms with van der Waals surface area (Å²) in [6.07, 6.45) is 0. The van der Waals surface area contributed by atoms with Crippen LogP contribution in [0.15, 0.2) is 35.2 Å². The van der Waals surface area contributed by atoms with Crippen LogP contribution in [0.1, 0.15) is 0 Å². The SMILES string of the molecule is Nc1ccc(-c2cscn2)cc1. The van der Waals surface area contributed by atoms with Crippen molar-refractivity contribution in [2.45, 2.75) is 0 Å². The topological polar surface area (TPSA) is 38.9 Å². The van der Waals surface area contributed by atoms with Gasteiger partial charge in [0.25, 0.3) is 0 Å². The monoisotopic (exact) mass is 176 g/mol. The molecule has 1 heterocycles. The van der Waals surface area contributed by atoms with Crippen LogP contribution < -0.4 is 5.73 Å². The highest BCUT2D eigenvalue weighted by atomic mass is 32.1. The minimum atomic E-state index is 0.786. The molecule has 0 aliphatic carbocycles. The van der Waals surface area contributed by atoms with E-state index in [0.717, 1.165) is 16.9 Å². The Labute approximate surface area is 74.7 Å². The van der Waals surface area contributed by atoms with Gasteiger partial charge in [0.1, 0.15) is 0 Å². The summed E-state index contributed by atoms with van der Waals surface area (Å²) in [5.74, 6) is 0. The third kappa shape index (κ3) is 1.31. The number of hydrogen-bond acceptors (Lipinski definition) is 3. The van der Waals surface area contributed by atoms with Gasteiger partial charge in [-0.25, -0.2) is 4.98 Å². The van der Waals surface area contributed by atoms with Crippen LogP contribution in [0.25, 0.3) is 11.3 Å². The third-order valence-corrected chi connectivity index (χ3v) is 2.23. The van der Waals surface area contributed by atoms with Crippen LogP contribution in [0.2, 0.25) is 0 Å². The van der Waals surface area contributed by atoms with Crippen molar-refractivity contribution in [1.82, 2.24) is 4.98 Å². The zero-order valence-electron chi connectivity index (χ0n) is 6.40. The highest BCUT2D eigenvalue weighted by molar-refractivity contribution is 7.07. The van der Waals surface area contributed by atoms with Crippen LogP contribution in [0.5, 0.6) is 0 Å². The second kappa shape index (κ2) is 2.95. The molecule has 0 unspecified atom stereocenters. The molecule has 1 aromatic carbocycles. The van der Waals surface area contributed by atoms with E-state index in [1.54, 1.807) is 11.3 Å². The molecule has 0 radical (unpaired) electrons. The van der Waals surface area contributed by atoms with Gasteiger partial charge in [-0.3, -0.25) is 0 Å². The van der Waals surface area contributed by atoms with Crippen molar-refractivity contribution in [2.24, 2.45) is 0 Å². The number of benzene rings is 1. The van der Waals surface area contributed by atoms with E-state index >= 15 is 0 Å².